The molecule has 158 valence electrons. The lowest BCUT2D eigenvalue weighted by atomic mass is 9.80. The first-order chi connectivity index (χ1) is 14.7. The third kappa shape index (κ3) is 5.15. The van der Waals surface area contributed by atoms with Gasteiger partial charge in [0.15, 0.2) is 0 Å². The summed E-state index contributed by atoms with van der Waals surface area (Å²) in [5, 5.41) is 0. The number of hydrogen-bond donors (Lipinski definition) is 0. The molecule has 0 saturated heterocycles. The first kappa shape index (κ1) is 22.6. The molecule has 30 heavy (non-hydrogen) atoms. The van der Waals surface area contributed by atoms with Crippen molar-refractivity contribution in [2.75, 3.05) is 32.3 Å². The maximum Gasteiger partial charge on any atom is 0.143 e. The summed E-state index contributed by atoms with van der Waals surface area (Å²) in [5.74, 6) is 3.65. The SMILES string of the molecule is CCSSCCOC(c1ccccc1)(c1ccc(OC)cc1)c1ccc(OC)cc1. The Kier molecular flexibility index (Phi) is 8.55. The van der Waals surface area contributed by atoms with Gasteiger partial charge in [-0.2, -0.15) is 0 Å². The third-order valence-electron chi connectivity index (χ3n) is 4.86. The molecule has 0 spiro atoms. The zero-order valence-electron chi connectivity index (χ0n) is 17.7. The van der Waals surface area contributed by atoms with Gasteiger partial charge in [-0.25, -0.2) is 0 Å². The van der Waals surface area contributed by atoms with E-state index in [0.29, 0.717) is 6.61 Å². The van der Waals surface area contributed by atoms with Crippen molar-refractivity contribution in [3.63, 3.8) is 0 Å². The summed E-state index contributed by atoms with van der Waals surface area (Å²) in [6.07, 6.45) is 0. The molecule has 5 heteroatoms. The highest BCUT2D eigenvalue weighted by Crippen LogP contribution is 2.41. The summed E-state index contributed by atoms with van der Waals surface area (Å²) in [6.45, 7) is 2.80. The van der Waals surface area contributed by atoms with Crippen LogP contribution in [-0.4, -0.2) is 32.3 Å². The van der Waals surface area contributed by atoms with E-state index in [2.05, 4.69) is 55.5 Å². The molecule has 0 atom stereocenters. The first-order valence-electron chi connectivity index (χ1n) is 9.97. The molecule has 0 N–H and O–H groups in total. The Hall–Kier alpha value is -2.08. The number of benzene rings is 3. The van der Waals surface area contributed by atoms with Crippen molar-refractivity contribution < 1.29 is 14.2 Å². The first-order valence-corrected chi connectivity index (χ1v) is 12.5. The normalized spacial score (nSPS) is 11.3. The average molecular weight is 441 g/mol. The van der Waals surface area contributed by atoms with E-state index in [-0.39, 0.29) is 0 Å². The molecule has 3 aromatic carbocycles. The number of ether oxygens (including phenoxy) is 3. The second-order valence-corrected chi connectivity index (χ2v) is 9.45. The van der Waals surface area contributed by atoms with Crippen molar-refractivity contribution >= 4 is 21.6 Å². The van der Waals surface area contributed by atoms with Gasteiger partial charge in [0.25, 0.3) is 0 Å². The average Bonchev–Trinajstić information content (AvgIpc) is 2.82. The van der Waals surface area contributed by atoms with Crippen LogP contribution >= 0.6 is 21.6 Å². The van der Waals surface area contributed by atoms with E-state index in [4.69, 9.17) is 14.2 Å². The fourth-order valence-electron chi connectivity index (χ4n) is 3.45. The Balaban J connectivity index is 2.10. The zero-order chi connectivity index (χ0) is 21.2. The predicted molar refractivity (Wildman–Crippen MR) is 129 cm³/mol. The van der Waals surface area contributed by atoms with E-state index in [1.807, 2.05) is 51.9 Å². The largest absolute Gasteiger partial charge is 0.497 e. The van der Waals surface area contributed by atoms with Crippen LogP contribution in [0.4, 0.5) is 0 Å². The highest BCUT2D eigenvalue weighted by molar-refractivity contribution is 8.76. The van der Waals surface area contributed by atoms with Crippen LogP contribution in [0.2, 0.25) is 0 Å². The van der Waals surface area contributed by atoms with Gasteiger partial charge in [-0.15, -0.1) is 0 Å². The van der Waals surface area contributed by atoms with Crippen LogP contribution in [0.5, 0.6) is 11.5 Å². The molecule has 0 aromatic heterocycles. The van der Waals surface area contributed by atoms with Crippen LogP contribution in [0.1, 0.15) is 23.6 Å². The predicted octanol–water partition coefficient (Wildman–Crippen LogP) is 6.41. The molecule has 3 rings (SSSR count). The van der Waals surface area contributed by atoms with Gasteiger partial charge in [0.05, 0.1) is 20.8 Å². The number of hydrogen-bond acceptors (Lipinski definition) is 5. The molecular formula is C25H28O3S2. The Labute approximate surface area is 187 Å². The monoisotopic (exact) mass is 440 g/mol. The quantitative estimate of drug-likeness (QED) is 0.195. The minimum Gasteiger partial charge on any atom is -0.497 e. The lowest BCUT2D eigenvalue weighted by Crippen LogP contribution is -2.33. The van der Waals surface area contributed by atoms with Crippen LogP contribution < -0.4 is 9.47 Å². The molecule has 0 aliphatic carbocycles. The lowest BCUT2D eigenvalue weighted by molar-refractivity contribution is 0.0234. The van der Waals surface area contributed by atoms with E-state index < -0.39 is 5.60 Å². The van der Waals surface area contributed by atoms with Crippen molar-refractivity contribution in [2.45, 2.75) is 12.5 Å². The van der Waals surface area contributed by atoms with E-state index in [9.17, 15) is 0 Å². The molecule has 3 nitrogen and oxygen atoms in total. The molecule has 0 aliphatic heterocycles. The van der Waals surface area contributed by atoms with Crippen molar-refractivity contribution in [2.24, 2.45) is 0 Å². The van der Waals surface area contributed by atoms with E-state index in [1.165, 1.54) is 0 Å². The highest BCUT2D eigenvalue weighted by Gasteiger charge is 2.37. The van der Waals surface area contributed by atoms with Gasteiger partial charge in [-0.3, -0.25) is 0 Å². The number of rotatable bonds is 11. The summed E-state index contributed by atoms with van der Waals surface area (Å²) in [7, 11) is 7.07. The summed E-state index contributed by atoms with van der Waals surface area (Å²) in [4.78, 5) is 0. The van der Waals surface area contributed by atoms with Crippen molar-refractivity contribution in [3.8, 4) is 11.5 Å². The van der Waals surface area contributed by atoms with Crippen LogP contribution in [-0.2, 0) is 10.3 Å². The third-order valence-corrected chi connectivity index (χ3v) is 7.30. The molecule has 0 radical (unpaired) electrons. The molecule has 3 aromatic rings. The van der Waals surface area contributed by atoms with Crippen molar-refractivity contribution in [3.05, 3.63) is 95.6 Å². The van der Waals surface area contributed by atoms with E-state index in [1.54, 1.807) is 14.2 Å². The topological polar surface area (TPSA) is 27.7 Å². The Morgan fingerprint density at radius 2 is 1.17 bits per heavy atom. The van der Waals surface area contributed by atoms with Crippen LogP contribution in [0.3, 0.4) is 0 Å². The zero-order valence-corrected chi connectivity index (χ0v) is 19.3. The molecule has 0 amide bonds. The second kappa shape index (κ2) is 11.3. The van der Waals surface area contributed by atoms with Gasteiger partial charge in [0, 0.05) is 11.5 Å². The Bertz CT molecular complexity index is 833. The van der Waals surface area contributed by atoms with Crippen molar-refractivity contribution in [1.82, 2.24) is 0 Å². The minimum atomic E-state index is -0.725. The summed E-state index contributed by atoms with van der Waals surface area (Å²) in [6, 6.07) is 26.7. The molecule has 0 fully saturated rings. The summed E-state index contributed by atoms with van der Waals surface area (Å²) < 4.78 is 17.5. The van der Waals surface area contributed by atoms with Crippen LogP contribution in [0, 0.1) is 0 Å². The molecular weight excluding hydrogens is 412 g/mol. The van der Waals surface area contributed by atoms with Gasteiger partial charge in [0.2, 0.25) is 0 Å². The lowest BCUT2D eigenvalue weighted by Gasteiger charge is -2.36. The smallest absolute Gasteiger partial charge is 0.143 e. The van der Waals surface area contributed by atoms with E-state index in [0.717, 1.165) is 39.7 Å². The van der Waals surface area contributed by atoms with Crippen LogP contribution in [0.15, 0.2) is 78.9 Å². The van der Waals surface area contributed by atoms with Gasteiger partial charge >= 0.3 is 0 Å². The summed E-state index contributed by atoms with van der Waals surface area (Å²) in [5.41, 5.74) is 2.49. The molecule has 0 bridgehead atoms. The summed E-state index contributed by atoms with van der Waals surface area (Å²) >= 11 is 0. The molecule has 0 unspecified atom stereocenters. The van der Waals surface area contributed by atoms with Gasteiger partial charge < -0.3 is 14.2 Å². The maximum atomic E-state index is 6.77. The highest BCUT2D eigenvalue weighted by atomic mass is 33.1. The standard InChI is InChI=1S/C25H28O3S2/c1-4-29-30-19-18-28-25(20-8-6-5-7-9-20,21-10-14-23(26-2)15-11-21)22-12-16-24(27-3)17-13-22/h5-17H,4,18-19H2,1-3H3. The van der Waals surface area contributed by atoms with Crippen molar-refractivity contribution in [1.29, 1.82) is 0 Å². The van der Waals surface area contributed by atoms with Crippen LogP contribution in [0.25, 0.3) is 0 Å². The Morgan fingerprint density at radius 1 is 0.667 bits per heavy atom. The van der Waals surface area contributed by atoms with Gasteiger partial charge in [-0.1, -0.05) is 83.1 Å². The van der Waals surface area contributed by atoms with Gasteiger partial charge in [0.1, 0.15) is 17.1 Å². The van der Waals surface area contributed by atoms with E-state index >= 15 is 0 Å². The minimum absolute atomic E-state index is 0.630. The Morgan fingerprint density at radius 3 is 1.63 bits per heavy atom. The fourth-order valence-corrected chi connectivity index (χ4v) is 4.94. The molecule has 0 aliphatic rings. The second-order valence-electron chi connectivity index (χ2n) is 6.58. The van der Waals surface area contributed by atoms with Gasteiger partial charge in [-0.05, 0) is 41.0 Å². The maximum absolute atomic E-state index is 6.77. The number of methoxy groups -OCH3 is 2. The molecule has 0 heterocycles. The fraction of sp³-hybridized carbons (Fsp3) is 0.280. The molecule has 0 saturated carbocycles.